The molecule has 0 spiro atoms. The Balaban J connectivity index is 2.50. The molecule has 2 aromatic carbocycles. The number of rotatable bonds is 1. The SMILES string of the molecule is O=c1cc(-c2ccc(F)cc2)c1=O. The van der Waals surface area contributed by atoms with Gasteiger partial charge in [0.1, 0.15) is 5.82 Å². The van der Waals surface area contributed by atoms with E-state index in [0.29, 0.717) is 11.1 Å². The Hall–Kier alpha value is -1.77. The van der Waals surface area contributed by atoms with E-state index in [0.717, 1.165) is 0 Å². The molecular formula is C10H5FO2. The lowest BCUT2D eigenvalue weighted by Gasteiger charge is -2.00. The van der Waals surface area contributed by atoms with Crippen molar-refractivity contribution >= 4 is 0 Å². The van der Waals surface area contributed by atoms with E-state index < -0.39 is 10.9 Å². The van der Waals surface area contributed by atoms with E-state index in [9.17, 15) is 14.0 Å². The lowest BCUT2D eigenvalue weighted by molar-refractivity contribution is 0.628. The molecule has 0 unspecified atom stereocenters. The Kier molecular flexibility index (Phi) is 1.59. The van der Waals surface area contributed by atoms with Gasteiger partial charge in [-0.05, 0) is 17.7 Å². The fourth-order valence-electron chi connectivity index (χ4n) is 1.16. The van der Waals surface area contributed by atoms with Crippen molar-refractivity contribution in [1.82, 2.24) is 0 Å². The van der Waals surface area contributed by atoms with Gasteiger partial charge >= 0.3 is 0 Å². The van der Waals surface area contributed by atoms with Crippen LogP contribution >= 0.6 is 0 Å². The van der Waals surface area contributed by atoms with E-state index in [-0.39, 0.29) is 5.82 Å². The predicted molar refractivity (Wildman–Crippen MR) is 46.7 cm³/mol. The fraction of sp³-hybridized carbons (Fsp3) is 0. The van der Waals surface area contributed by atoms with E-state index in [1.807, 2.05) is 0 Å². The smallest absolute Gasteiger partial charge is 0.233 e. The first kappa shape index (κ1) is 7.86. The highest BCUT2D eigenvalue weighted by Crippen LogP contribution is 2.14. The normalized spacial score (nSPS) is 10.5. The molecule has 64 valence electrons. The highest BCUT2D eigenvalue weighted by atomic mass is 19.1. The van der Waals surface area contributed by atoms with Gasteiger partial charge in [0.15, 0.2) is 0 Å². The molecule has 0 saturated heterocycles. The van der Waals surface area contributed by atoms with Crippen molar-refractivity contribution in [1.29, 1.82) is 0 Å². The van der Waals surface area contributed by atoms with Crippen molar-refractivity contribution < 1.29 is 4.39 Å². The second-order valence-corrected chi connectivity index (χ2v) is 2.76. The Morgan fingerprint density at radius 3 is 2.08 bits per heavy atom. The quantitative estimate of drug-likeness (QED) is 0.609. The molecule has 3 heteroatoms. The molecule has 0 atom stereocenters. The Morgan fingerprint density at radius 1 is 1.00 bits per heavy atom. The molecule has 2 aromatic rings. The molecule has 0 aromatic heterocycles. The zero-order valence-corrected chi connectivity index (χ0v) is 6.58. The number of hydrogen-bond donors (Lipinski definition) is 0. The van der Waals surface area contributed by atoms with E-state index in [4.69, 9.17) is 0 Å². The van der Waals surface area contributed by atoms with Crippen LogP contribution in [0.3, 0.4) is 0 Å². The molecule has 0 N–H and O–H groups in total. The lowest BCUT2D eigenvalue weighted by atomic mass is 10.0. The van der Waals surface area contributed by atoms with E-state index in [2.05, 4.69) is 0 Å². The maximum Gasteiger partial charge on any atom is 0.233 e. The summed E-state index contributed by atoms with van der Waals surface area (Å²) in [5, 5.41) is 0. The van der Waals surface area contributed by atoms with Crippen LogP contribution in [-0.2, 0) is 0 Å². The van der Waals surface area contributed by atoms with Gasteiger partial charge in [-0.15, -0.1) is 0 Å². The molecule has 0 heterocycles. The van der Waals surface area contributed by atoms with Crippen LogP contribution in [0, 0.1) is 5.82 Å². The van der Waals surface area contributed by atoms with Gasteiger partial charge < -0.3 is 0 Å². The summed E-state index contributed by atoms with van der Waals surface area (Å²) in [6.45, 7) is 0. The van der Waals surface area contributed by atoms with Crippen LogP contribution < -0.4 is 10.9 Å². The third-order valence-electron chi connectivity index (χ3n) is 1.90. The highest BCUT2D eigenvalue weighted by Gasteiger charge is 2.10. The van der Waals surface area contributed by atoms with Crippen LogP contribution in [0.1, 0.15) is 0 Å². The van der Waals surface area contributed by atoms with E-state index in [1.165, 1.54) is 30.3 Å². The maximum absolute atomic E-state index is 12.5. The van der Waals surface area contributed by atoms with E-state index in [1.54, 1.807) is 0 Å². The summed E-state index contributed by atoms with van der Waals surface area (Å²) in [5.74, 6) is -0.359. The molecule has 0 fully saturated rings. The summed E-state index contributed by atoms with van der Waals surface area (Å²) < 4.78 is 12.5. The van der Waals surface area contributed by atoms with Gasteiger partial charge in [-0.2, -0.15) is 0 Å². The number of benzene rings is 1. The summed E-state index contributed by atoms with van der Waals surface area (Å²) >= 11 is 0. The monoisotopic (exact) mass is 176 g/mol. The van der Waals surface area contributed by atoms with Gasteiger partial charge in [0.25, 0.3) is 0 Å². The van der Waals surface area contributed by atoms with Crippen LogP contribution in [0.2, 0.25) is 0 Å². The minimum atomic E-state index is -0.494. The minimum Gasteiger partial charge on any atom is -0.286 e. The zero-order chi connectivity index (χ0) is 9.42. The van der Waals surface area contributed by atoms with Gasteiger partial charge in [0.05, 0.1) is 0 Å². The molecule has 0 saturated carbocycles. The minimum absolute atomic E-state index is 0.359. The first-order chi connectivity index (χ1) is 6.18. The molecule has 0 aliphatic carbocycles. The fourth-order valence-corrected chi connectivity index (χ4v) is 1.16. The van der Waals surface area contributed by atoms with Crippen LogP contribution in [0.5, 0.6) is 0 Å². The molecule has 0 radical (unpaired) electrons. The van der Waals surface area contributed by atoms with Crippen LogP contribution in [0.4, 0.5) is 4.39 Å². The average Bonchev–Trinajstić information content (AvgIpc) is 2.15. The number of hydrogen-bond acceptors (Lipinski definition) is 2. The average molecular weight is 176 g/mol. The molecule has 0 amide bonds. The third-order valence-corrected chi connectivity index (χ3v) is 1.90. The topological polar surface area (TPSA) is 34.1 Å². The largest absolute Gasteiger partial charge is 0.286 e. The summed E-state index contributed by atoms with van der Waals surface area (Å²) in [7, 11) is 0. The summed E-state index contributed by atoms with van der Waals surface area (Å²) in [6, 6.07) is 6.73. The second kappa shape index (κ2) is 2.62. The van der Waals surface area contributed by atoms with Crippen LogP contribution in [0.15, 0.2) is 39.9 Å². The molecular weight excluding hydrogens is 171 g/mol. The first-order valence-corrected chi connectivity index (χ1v) is 3.75. The van der Waals surface area contributed by atoms with Crippen LogP contribution in [0.25, 0.3) is 11.1 Å². The van der Waals surface area contributed by atoms with Gasteiger partial charge in [-0.25, -0.2) is 4.39 Å². The van der Waals surface area contributed by atoms with Gasteiger partial charge in [-0.1, -0.05) is 12.1 Å². The second-order valence-electron chi connectivity index (χ2n) is 2.76. The van der Waals surface area contributed by atoms with E-state index >= 15 is 0 Å². The summed E-state index contributed by atoms with van der Waals surface area (Å²) in [4.78, 5) is 21.5. The Labute approximate surface area is 73.0 Å². The van der Waals surface area contributed by atoms with Gasteiger partial charge in [-0.3, -0.25) is 9.59 Å². The van der Waals surface area contributed by atoms with Crippen molar-refractivity contribution in [3.8, 4) is 11.1 Å². The Bertz CT molecular complexity index is 504. The summed E-state index contributed by atoms with van der Waals surface area (Å²) in [6.07, 6.45) is 0. The lowest BCUT2D eigenvalue weighted by Crippen LogP contribution is -2.30. The molecule has 13 heavy (non-hydrogen) atoms. The zero-order valence-electron chi connectivity index (χ0n) is 6.58. The van der Waals surface area contributed by atoms with Crippen molar-refractivity contribution in [3.63, 3.8) is 0 Å². The summed E-state index contributed by atoms with van der Waals surface area (Å²) in [5.41, 5.74) is -0.0260. The predicted octanol–water partition coefficient (Wildman–Crippen LogP) is 1.09. The van der Waals surface area contributed by atoms with Gasteiger partial charge in [0, 0.05) is 11.6 Å². The maximum atomic E-state index is 12.5. The van der Waals surface area contributed by atoms with Crippen LogP contribution in [-0.4, -0.2) is 0 Å². The Morgan fingerprint density at radius 2 is 1.62 bits per heavy atom. The highest BCUT2D eigenvalue weighted by molar-refractivity contribution is 5.65. The third kappa shape index (κ3) is 1.18. The standard InChI is InChI=1S/C10H5FO2/c11-7-3-1-6(2-4-7)8-5-9(12)10(8)13/h1-5H. The molecule has 0 aliphatic heterocycles. The molecule has 2 rings (SSSR count). The van der Waals surface area contributed by atoms with Crippen molar-refractivity contribution in [2.45, 2.75) is 0 Å². The van der Waals surface area contributed by atoms with Crippen molar-refractivity contribution in [2.24, 2.45) is 0 Å². The van der Waals surface area contributed by atoms with Crippen molar-refractivity contribution in [2.75, 3.05) is 0 Å². The first-order valence-electron chi connectivity index (χ1n) is 3.75. The number of halogens is 1. The van der Waals surface area contributed by atoms with Gasteiger partial charge in [0.2, 0.25) is 10.9 Å². The van der Waals surface area contributed by atoms with Crippen molar-refractivity contribution in [3.05, 3.63) is 56.6 Å². The molecule has 0 aliphatic rings. The molecule has 0 bridgehead atoms. The molecule has 2 nitrogen and oxygen atoms in total.